The number of hydrogen-bond donors (Lipinski definition) is 1. The van der Waals surface area contributed by atoms with Crippen molar-refractivity contribution in [1.29, 1.82) is 0 Å². The number of nitrogens with two attached hydrogens (primary N) is 1. The van der Waals surface area contributed by atoms with Crippen LogP contribution in [0.5, 0.6) is 0 Å². The number of nitrogen functional groups attached to an aromatic ring is 1. The molecule has 1 aromatic rings. The quantitative estimate of drug-likeness (QED) is 0.817. The minimum Gasteiger partial charge on any atom is -0.393 e. The van der Waals surface area contributed by atoms with Crippen LogP contribution in [-0.4, -0.2) is 9.36 Å². The summed E-state index contributed by atoms with van der Waals surface area (Å²) in [4.78, 5) is 11.9. The maximum Gasteiger partial charge on any atom is 0.290 e. The molecule has 0 bridgehead atoms. The van der Waals surface area contributed by atoms with Crippen LogP contribution in [0, 0.1) is 0 Å². The molecule has 15 heavy (non-hydrogen) atoms. The third-order valence-corrected chi connectivity index (χ3v) is 3.01. The average molecular weight is 209 g/mol. The Kier molecular flexibility index (Phi) is 2.59. The lowest BCUT2D eigenvalue weighted by Gasteiger charge is -2.11. The van der Waals surface area contributed by atoms with Gasteiger partial charge in [0.25, 0.3) is 5.56 Å². The number of aromatic nitrogens is 2. The summed E-state index contributed by atoms with van der Waals surface area (Å²) in [5, 5.41) is 0. The molecule has 1 aliphatic rings. The lowest BCUT2D eigenvalue weighted by Crippen LogP contribution is -2.23. The third-order valence-electron chi connectivity index (χ3n) is 3.01. The van der Waals surface area contributed by atoms with Gasteiger partial charge in [-0.3, -0.25) is 9.48 Å². The molecule has 2 rings (SSSR count). The van der Waals surface area contributed by atoms with Crippen molar-refractivity contribution in [3.63, 3.8) is 0 Å². The minimum atomic E-state index is 0.000556. The first-order valence-corrected chi connectivity index (χ1v) is 5.79. The summed E-state index contributed by atoms with van der Waals surface area (Å²) in [6.07, 6.45) is 3.33. The zero-order chi connectivity index (χ0) is 11.0. The SMILES string of the molecule is CCCn1c(=O)c(N)c(C2CC2)n1CC. The molecule has 1 saturated carbocycles. The van der Waals surface area contributed by atoms with Crippen LogP contribution in [0.3, 0.4) is 0 Å². The van der Waals surface area contributed by atoms with Crippen LogP contribution < -0.4 is 11.3 Å². The zero-order valence-electron chi connectivity index (χ0n) is 9.49. The lowest BCUT2D eigenvalue weighted by molar-refractivity contribution is 0.441. The van der Waals surface area contributed by atoms with Crippen molar-refractivity contribution in [1.82, 2.24) is 9.36 Å². The van der Waals surface area contributed by atoms with E-state index < -0.39 is 0 Å². The fourth-order valence-electron chi connectivity index (χ4n) is 2.19. The van der Waals surface area contributed by atoms with Crippen LogP contribution in [0.4, 0.5) is 5.69 Å². The van der Waals surface area contributed by atoms with Crippen LogP contribution in [0.1, 0.15) is 44.7 Å². The number of nitrogens with zero attached hydrogens (tertiary/aromatic N) is 2. The molecule has 84 valence electrons. The molecular formula is C11H19N3O. The van der Waals surface area contributed by atoms with E-state index in [1.165, 1.54) is 12.8 Å². The van der Waals surface area contributed by atoms with Crippen LogP contribution in [0.25, 0.3) is 0 Å². The van der Waals surface area contributed by atoms with Crippen molar-refractivity contribution in [3.8, 4) is 0 Å². The highest BCUT2D eigenvalue weighted by atomic mass is 16.1. The van der Waals surface area contributed by atoms with E-state index in [-0.39, 0.29) is 5.56 Å². The van der Waals surface area contributed by atoms with Gasteiger partial charge >= 0.3 is 0 Å². The Labute approximate surface area is 89.7 Å². The predicted octanol–water partition coefficient (Wildman–Crippen LogP) is 1.54. The predicted molar refractivity (Wildman–Crippen MR) is 61.0 cm³/mol. The number of hydrogen-bond acceptors (Lipinski definition) is 2. The molecule has 4 heteroatoms. The summed E-state index contributed by atoms with van der Waals surface area (Å²) in [6.45, 7) is 5.74. The van der Waals surface area contributed by atoms with Gasteiger partial charge in [0.1, 0.15) is 5.69 Å². The Morgan fingerprint density at radius 3 is 2.47 bits per heavy atom. The highest BCUT2D eigenvalue weighted by Gasteiger charge is 2.31. The van der Waals surface area contributed by atoms with E-state index in [0.717, 1.165) is 25.2 Å². The molecule has 1 fully saturated rings. The Morgan fingerprint density at radius 1 is 1.33 bits per heavy atom. The molecule has 1 heterocycles. The average Bonchev–Trinajstić information content (AvgIpc) is 3.02. The topological polar surface area (TPSA) is 52.9 Å². The van der Waals surface area contributed by atoms with E-state index in [2.05, 4.69) is 18.5 Å². The summed E-state index contributed by atoms with van der Waals surface area (Å²) in [5.41, 5.74) is 7.46. The normalized spacial score (nSPS) is 15.9. The van der Waals surface area contributed by atoms with Gasteiger partial charge in [-0.05, 0) is 26.2 Å². The molecular weight excluding hydrogens is 190 g/mol. The standard InChI is InChI=1S/C11H19N3O/c1-3-7-14-11(15)9(12)10(8-5-6-8)13(14)4-2/h8H,3-7,12H2,1-2H3. The highest BCUT2D eigenvalue weighted by Crippen LogP contribution is 2.42. The second kappa shape index (κ2) is 3.76. The third kappa shape index (κ3) is 1.58. The molecule has 2 N–H and O–H groups in total. The summed E-state index contributed by atoms with van der Waals surface area (Å²) in [7, 11) is 0. The molecule has 0 spiro atoms. The zero-order valence-corrected chi connectivity index (χ0v) is 9.49. The van der Waals surface area contributed by atoms with Crippen LogP contribution in [-0.2, 0) is 13.1 Å². The van der Waals surface area contributed by atoms with Gasteiger partial charge in [-0.15, -0.1) is 0 Å². The van der Waals surface area contributed by atoms with Crippen molar-refractivity contribution in [2.75, 3.05) is 5.73 Å². The fraction of sp³-hybridized carbons (Fsp3) is 0.727. The van der Waals surface area contributed by atoms with Gasteiger partial charge in [-0.2, -0.15) is 0 Å². The summed E-state index contributed by atoms with van der Waals surface area (Å²) in [5.74, 6) is 0.538. The van der Waals surface area contributed by atoms with Crippen molar-refractivity contribution < 1.29 is 0 Å². The molecule has 1 aromatic heterocycles. The Morgan fingerprint density at radius 2 is 2.00 bits per heavy atom. The van der Waals surface area contributed by atoms with E-state index in [9.17, 15) is 4.79 Å². The fourth-order valence-corrected chi connectivity index (χ4v) is 2.19. The van der Waals surface area contributed by atoms with Crippen LogP contribution in [0.2, 0.25) is 0 Å². The Bertz CT molecular complexity index is 412. The van der Waals surface area contributed by atoms with Gasteiger partial charge in [0.2, 0.25) is 0 Å². The lowest BCUT2D eigenvalue weighted by atomic mass is 10.2. The van der Waals surface area contributed by atoms with Gasteiger partial charge in [-0.25, -0.2) is 4.68 Å². The van der Waals surface area contributed by atoms with Crippen molar-refractivity contribution >= 4 is 5.69 Å². The van der Waals surface area contributed by atoms with Crippen molar-refractivity contribution in [3.05, 3.63) is 16.0 Å². The minimum absolute atomic E-state index is 0.000556. The van der Waals surface area contributed by atoms with Crippen molar-refractivity contribution in [2.24, 2.45) is 0 Å². The van der Waals surface area contributed by atoms with Gasteiger partial charge in [0.05, 0.1) is 5.69 Å². The Hall–Kier alpha value is -1.19. The smallest absolute Gasteiger partial charge is 0.290 e. The van der Waals surface area contributed by atoms with E-state index in [0.29, 0.717) is 11.6 Å². The first-order chi connectivity index (χ1) is 7.20. The molecule has 0 unspecified atom stereocenters. The number of rotatable bonds is 4. The van der Waals surface area contributed by atoms with Gasteiger partial charge in [-0.1, -0.05) is 6.92 Å². The van der Waals surface area contributed by atoms with E-state index in [1.54, 1.807) is 4.68 Å². The first kappa shape index (κ1) is 10.3. The Balaban J connectivity index is 2.53. The first-order valence-electron chi connectivity index (χ1n) is 5.79. The number of anilines is 1. The second-order valence-electron chi connectivity index (χ2n) is 4.22. The van der Waals surface area contributed by atoms with E-state index >= 15 is 0 Å². The van der Waals surface area contributed by atoms with Crippen molar-refractivity contribution in [2.45, 2.75) is 52.1 Å². The van der Waals surface area contributed by atoms with Crippen LogP contribution >= 0.6 is 0 Å². The molecule has 0 amide bonds. The summed E-state index contributed by atoms with van der Waals surface area (Å²) < 4.78 is 3.86. The molecule has 0 atom stereocenters. The molecule has 0 aromatic carbocycles. The molecule has 0 saturated heterocycles. The molecule has 1 aliphatic carbocycles. The van der Waals surface area contributed by atoms with Gasteiger partial charge in [0.15, 0.2) is 0 Å². The largest absolute Gasteiger partial charge is 0.393 e. The van der Waals surface area contributed by atoms with Crippen LogP contribution in [0.15, 0.2) is 4.79 Å². The summed E-state index contributed by atoms with van der Waals surface area (Å²) in [6, 6.07) is 0. The second-order valence-corrected chi connectivity index (χ2v) is 4.22. The summed E-state index contributed by atoms with van der Waals surface area (Å²) >= 11 is 0. The molecule has 4 nitrogen and oxygen atoms in total. The maximum absolute atomic E-state index is 11.9. The van der Waals surface area contributed by atoms with E-state index in [4.69, 9.17) is 5.73 Å². The highest BCUT2D eigenvalue weighted by molar-refractivity contribution is 5.45. The monoisotopic (exact) mass is 209 g/mol. The van der Waals surface area contributed by atoms with Gasteiger partial charge in [0, 0.05) is 19.0 Å². The molecule has 0 radical (unpaired) electrons. The maximum atomic E-state index is 11.9. The van der Waals surface area contributed by atoms with Gasteiger partial charge < -0.3 is 5.73 Å². The van der Waals surface area contributed by atoms with E-state index in [1.807, 2.05) is 0 Å². The molecule has 0 aliphatic heterocycles.